The Morgan fingerprint density at radius 3 is 1.65 bits per heavy atom. The lowest BCUT2D eigenvalue weighted by Crippen LogP contribution is -1.86. The molecule has 0 heterocycles. The summed E-state index contributed by atoms with van der Waals surface area (Å²) < 4.78 is 0. The second kappa shape index (κ2) is 18.1. The summed E-state index contributed by atoms with van der Waals surface area (Å²) >= 11 is 0. The molecule has 0 amide bonds. The predicted molar refractivity (Wildman–Crippen MR) is 141 cm³/mol. The van der Waals surface area contributed by atoms with E-state index in [-0.39, 0.29) is 0 Å². The summed E-state index contributed by atoms with van der Waals surface area (Å²) in [6.45, 7) is 2.30. The summed E-state index contributed by atoms with van der Waals surface area (Å²) in [5.74, 6) is 0. The number of aryl methyl sites for hydroxylation is 1. The highest BCUT2D eigenvalue weighted by molar-refractivity contribution is 5.82. The smallest absolute Gasteiger partial charge is 0.0181 e. The fourth-order valence-electron chi connectivity index (χ4n) is 4.50. The third-order valence-corrected chi connectivity index (χ3v) is 6.54. The molecule has 0 aliphatic rings. The maximum atomic E-state index is 2.43. The summed E-state index contributed by atoms with van der Waals surface area (Å²) in [5, 5.41) is 2.73. The standard InChI is InChI=1S/C31H48/c1-2-3-4-5-6-7-8-9-10-11-12-13-14-15-16-17-18-19-20-23-29-26-27-30-24-21-22-25-31(30)28-29/h15-16,21-22,24-28H,2-14,17-20,23H2,1H3/b16-15+. The molecule has 0 bridgehead atoms. The molecule has 0 saturated carbocycles. The van der Waals surface area contributed by atoms with Gasteiger partial charge >= 0.3 is 0 Å². The topological polar surface area (TPSA) is 0 Å². The van der Waals surface area contributed by atoms with Crippen molar-refractivity contribution in [3.8, 4) is 0 Å². The van der Waals surface area contributed by atoms with Crippen molar-refractivity contribution >= 4 is 10.8 Å². The van der Waals surface area contributed by atoms with Crippen LogP contribution in [0.3, 0.4) is 0 Å². The van der Waals surface area contributed by atoms with Crippen molar-refractivity contribution in [2.45, 2.75) is 122 Å². The lowest BCUT2D eigenvalue weighted by atomic mass is 10.0. The van der Waals surface area contributed by atoms with Gasteiger partial charge in [0.05, 0.1) is 0 Å². The minimum Gasteiger partial charge on any atom is -0.0885 e. The molecule has 31 heavy (non-hydrogen) atoms. The van der Waals surface area contributed by atoms with E-state index in [1.165, 1.54) is 132 Å². The largest absolute Gasteiger partial charge is 0.0885 e. The number of benzene rings is 2. The molecule has 0 spiro atoms. The van der Waals surface area contributed by atoms with Crippen LogP contribution in [0, 0.1) is 0 Å². The van der Waals surface area contributed by atoms with Crippen LogP contribution in [-0.4, -0.2) is 0 Å². The monoisotopic (exact) mass is 420 g/mol. The highest BCUT2D eigenvalue weighted by Gasteiger charge is 1.97. The Bertz CT molecular complexity index is 696. The molecule has 0 saturated heterocycles. The van der Waals surface area contributed by atoms with E-state index >= 15 is 0 Å². The van der Waals surface area contributed by atoms with Crippen molar-refractivity contribution < 1.29 is 0 Å². The molecule has 0 aliphatic carbocycles. The molecule has 2 aromatic rings. The SMILES string of the molecule is CCCCCCCCCCCCCC/C=C/CCCCCc1ccc2ccccc2c1. The molecule has 2 rings (SSSR count). The van der Waals surface area contributed by atoms with Crippen LogP contribution >= 0.6 is 0 Å². The Morgan fingerprint density at radius 1 is 0.516 bits per heavy atom. The van der Waals surface area contributed by atoms with Gasteiger partial charge in [-0.1, -0.05) is 139 Å². The molecule has 0 aliphatic heterocycles. The first-order valence-corrected chi connectivity index (χ1v) is 13.5. The normalized spacial score (nSPS) is 11.6. The van der Waals surface area contributed by atoms with Crippen molar-refractivity contribution in [3.63, 3.8) is 0 Å². The second-order valence-electron chi connectivity index (χ2n) is 9.43. The quantitative estimate of drug-likeness (QED) is 0.156. The van der Waals surface area contributed by atoms with Gasteiger partial charge in [0, 0.05) is 0 Å². The summed E-state index contributed by atoms with van der Waals surface area (Å²) in [7, 11) is 0. The molecular formula is C31H48. The van der Waals surface area contributed by atoms with Crippen molar-refractivity contribution in [3.05, 3.63) is 60.2 Å². The number of allylic oxidation sites excluding steroid dienone is 2. The van der Waals surface area contributed by atoms with Gasteiger partial charge in [0.1, 0.15) is 0 Å². The fourth-order valence-corrected chi connectivity index (χ4v) is 4.50. The van der Waals surface area contributed by atoms with Gasteiger partial charge in [-0.05, 0) is 54.9 Å². The zero-order valence-electron chi connectivity index (χ0n) is 20.4. The van der Waals surface area contributed by atoms with Gasteiger partial charge in [0.15, 0.2) is 0 Å². The first-order valence-electron chi connectivity index (χ1n) is 13.5. The van der Waals surface area contributed by atoms with Gasteiger partial charge in [-0.15, -0.1) is 0 Å². The second-order valence-corrected chi connectivity index (χ2v) is 9.43. The average molecular weight is 421 g/mol. The number of unbranched alkanes of at least 4 members (excludes halogenated alkanes) is 15. The van der Waals surface area contributed by atoms with Crippen LogP contribution in [0.2, 0.25) is 0 Å². The van der Waals surface area contributed by atoms with Crippen LogP contribution < -0.4 is 0 Å². The van der Waals surface area contributed by atoms with Gasteiger partial charge in [-0.3, -0.25) is 0 Å². The number of rotatable bonds is 19. The minimum atomic E-state index is 1.22. The van der Waals surface area contributed by atoms with Crippen LogP contribution in [0.1, 0.15) is 122 Å². The van der Waals surface area contributed by atoms with Crippen LogP contribution in [-0.2, 0) is 6.42 Å². The summed E-state index contributed by atoms with van der Waals surface area (Å²) in [4.78, 5) is 0. The zero-order valence-corrected chi connectivity index (χ0v) is 20.4. The third kappa shape index (κ3) is 12.8. The first kappa shape index (κ1) is 25.7. The Labute approximate surface area is 193 Å². The lowest BCUT2D eigenvalue weighted by Gasteiger charge is -2.04. The molecule has 2 aromatic carbocycles. The van der Waals surface area contributed by atoms with E-state index in [4.69, 9.17) is 0 Å². The minimum absolute atomic E-state index is 1.22. The van der Waals surface area contributed by atoms with Crippen LogP contribution in [0.4, 0.5) is 0 Å². The highest BCUT2D eigenvalue weighted by Crippen LogP contribution is 2.18. The first-order chi connectivity index (χ1) is 15.4. The number of fused-ring (bicyclic) bond motifs is 1. The summed E-state index contributed by atoms with van der Waals surface area (Å²) in [6, 6.07) is 15.6. The molecule has 0 aromatic heterocycles. The Balaban J connectivity index is 1.33. The van der Waals surface area contributed by atoms with Crippen LogP contribution in [0.15, 0.2) is 54.6 Å². The number of hydrogen-bond donors (Lipinski definition) is 0. The average Bonchev–Trinajstić information content (AvgIpc) is 2.80. The van der Waals surface area contributed by atoms with Gasteiger partial charge in [-0.25, -0.2) is 0 Å². The summed E-state index contributed by atoms with van der Waals surface area (Å²) in [5.41, 5.74) is 1.49. The molecular weight excluding hydrogens is 372 g/mol. The van der Waals surface area contributed by atoms with E-state index in [1.54, 1.807) is 0 Å². The van der Waals surface area contributed by atoms with E-state index in [2.05, 4.69) is 61.5 Å². The van der Waals surface area contributed by atoms with Gasteiger partial charge < -0.3 is 0 Å². The fraction of sp³-hybridized carbons (Fsp3) is 0.613. The van der Waals surface area contributed by atoms with Crippen molar-refractivity contribution in [1.29, 1.82) is 0 Å². The van der Waals surface area contributed by atoms with E-state index in [0.29, 0.717) is 0 Å². The van der Waals surface area contributed by atoms with Gasteiger partial charge in [-0.2, -0.15) is 0 Å². The molecule has 0 fully saturated rings. The van der Waals surface area contributed by atoms with Crippen LogP contribution in [0.5, 0.6) is 0 Å². The predicted octanol–water partition coefficient (Wildman–Crippen LogP) is 10.6. The molecule has 0 atom stereocenters. The van der Waals surface area contributed by atoms with Gasteiger partial charge in [0.2, 0.25) is 0 Å². The van der Waals surface area contributed by atoms with Crippen LogP contribution in [0.25, 0.3) is 10.8 Å². The molecule has 0 nitrogen and oxygen atoms in total. The van der Waals surface area contributed by atoms with Crippen molar-refractivity contribution in [2.24, 2.45) is 0 Å². The highest BCUT2D eigenvalue weighted by atomic mass is 14.0. The number of hydrogen-bond acceptors (Lipinski definition) is 0. The third-order valence-electron chi connectivity index (χ3n) is 6.54. The molecule has 172 valence electrons. The maximum Gasteiger partial charge on any atom is -0.0181 e. The Morgan fingerprint density at radius 2 is 1.03 bits per heavy atom. The van der Waals surface area contributed by atoms with E-state index < -0.39 is 0 Å². The van der Waals surface area contributed by atoms with Gasteiger partial charge in [0.25, 0.3) is 0 Å². The Hall–Kier alpha value is -1.56. The Kier molecular flexibility index (Phi) is 15.0. The maximum absolute atomic E-state index is 2.43. The molecule has 0 unspecified atom stereocenters. The van der Waals surface area contributed by atoms with Crippen molar-refractivity contribution in [2.75, 3.05) is 0 Å². The van der Waals surface area contributed by atoms with Crippen molar-refractivity contribution in [1.82, 2.24) is 0 Å². The lowest BCUT2D eigenvalue weighted by molar-refractivity contribution is 0.545. The summed E-state index contributed by atoms with van der Waals surface area (Å²) in [6.07, 6.45) is 29.9. The van der Waals surface area contributed by atoms with E-state index in [0.717, 1.165) is 0 Å². The molecule has 0 heteroatoms. The van der Waals surface area contributed by atoms with E-state index in [9.17, 15) is 0 Å². The zero-order chi connectivity index (χ0) is 21.8. The van der Waals surface area contributed by atoms with E-state index in [1.807, 2.05) is 0 Å². The molecule has 0 N–H and O–H groups in total. The molecule has 0 radical (unpaired) electrons.